The molecular weight excluding hydrogens is 162 g/mol. The van der Waals surface area contributed by atoms with E-state index in [9.17, 15) is 0 Å². The number of nitriles is 1. The first-order valence-corrected chi connectivity index (χ1v) is 4.58. The Morgan fingerprint density at radius 1 is 1.38 bits per heavy atom. The molecule has 1 heterocycles. The molecule has 0 amide bonds. The van der Waals surface area contributed by atoms with Gasteiger partial charge in [0.2, 0.25) is 0 Å². The highest BCUT2D eigenvalue weighted by Gasteiger charge is 2.42. The minimum atomic E-state index is 0.277. The highest BCUT2D eigenvalue weighted by atomic mass is 15.4. The van der Waals surface area contributed by atoms with Crippen LogP contribution in [-0.4, -0.2) is 11.2 Å². The summed E-state index contributed by atoms with van der Waals surface area (Å²) in [5, 5.41) is 8.61. The number of nitrogens with one attached hydrogen (secondary N) is 1. The Hall–Kier alpha value is -1.43. The van der Waals surface area contributed by atoms with Crippen LogP contribution in [0.2, 0.25) is 0 Å². The first-order chi connectivity index (χ1) is 6.35. The Bertz CT molecular complexity index is 303. The molecule has 1 saturated carbocycles. The maximum absolute atomic E-state index is 8.61. The van der Waals surface area contributed by atoms with E-state index < -0.39 is 0 Å². The first-order valence-electron chi connectivity index (χ1n) is 4.58. The zero-order valence-corrected chi connectivity index (χ0v) is 7.53. The van der Waals surface area contributed by atoms with E-state index in [0.717, 1.165) is 6.54 Å². The van der Waals surface area contributed by atoms with Crippen molar-refractivity contribution in [3.8, 4) is 6.07 Å². The summed E-state index contributed by atoms with van der Waals surface area (Å²) in [5.74, 6) is 0. The minimum absolute atomic E-state index is 0.277. The zero-order chi connectivity index (χ0) is 9.15. The molecule has 0 bridgehead atoms. The van der Waals surface area contributed by atoms with Gasteiger partial charge in [0, 0.05) is 30.8 Å². The molecule has 1 N–H and O–H groups in total. The maximum Gasteiger partial charge on any atom is 0.0628 e. The maximum atomic E-state index is 8.61. The van der Waals surface area contributed by atoms with Crippen LogP contribution >= 0.6 is 0 Å². The number of aromatic nitrogens is 1. The van der Waals surface area contributed by atoms with Crippen molar-refractivity contribution >= 4 is 0 Å². The van der Waals surface area contributed by atoms with Crippen LogP contribution in [0.25, 0.3) is 0 Å². The van der Waals surface area contributed by atoms with Gasteiger partial charge in [-0.05, 0) is 25.0 Å². The largest absolute Gasteiger partial charge is 0.326 e. The molecule has 13 heavy (non-hydrogen) atoms. The predicted molar refractivity (Wildman–Crippen MR) is 50.6 cm³/mol. The highest BCUT2D eigenvalue weighted by Crippen LogP contribution is 2.47. The Kier molecular flexibility index (Phi) is 1.97. The van der Waals surface area contributed by atoms with Crippen LogP contribution in [-0.2, 0) is 0 Å². The van der Waals surface area contributed by atoms with Crippen LogP contribution in [0.15, 0.2) is 24.5 Å². The molecule has 3 heteroatoms. The third kappa shape index (κ3) is 1.83. The Balaban J connectivity index is 1.83. The lowest BCUT2D eigenvalue weighted by Crippen LogP contribution is -2.22. The van der Waals surface area contributed by atoms with Gasteiger partial charge in [-0.3, -0.25) is 4.68 Å². The standard InChI is InChI=1S/C10H13N3/c11-6-5-10(3-4-10)9-12-13-7-1-2-8-13/h1-2,7-8,12H,3-5,9H2. The average Bonchev–Trinajstić information content (AvgIpc) is 2.71. The van der Waals surface area contributed by atoms with Gasteiger partial charge in [0.05, 0.1) is 6.07 Å². The van der Waals surface area contributed by atoms with Crippen molar-refractivity contribution < 1.29 is 0 Å². The second-order valence-corrected chi connectivity index (χ2v) is 3.76. The van der Waals surface area contributed by atoms with E-state index in [1.807, 2.05) is 29.2 Å². The van der Waals surface area contributed by atoms with Gasteiger partial charge in [-0.25, -0.2) is 0 Å². The smallest absolute Gasteiger partial charge is 0.0628 e. The van der Waals surface area contributed by atoms with Crippen LogP contribution in [0.5, 0.6) is 0 Å². The van der Waals surface area contributed by atoms with Gasteiger partial charge in [-0.1, -0.05) is 0 Å². The number of nitrogens with zero attached hydrogens (tertiary/aromatic N) is 2. The van der Waals surface area contributed by atoms with Crippen molar-refractivity contribution in [3.05, 3.63) is 24.5 Å². The Morgan fingerprint density at radius 3 is 2.62 bits per heavy atom. The van der Waals surface area contributed by atoms with Crippen molar-refractivity contribution in [1.29, 1.82) is 5.26 Å². The lowest BCUT2D eigenvalue weighted by atomic mass is 10.0. The van der Waals surface area contributed by atoms with E-state index in [-0.39, 0.29) is 5.41 Å². The lowest BCUT2D eigenvalue weighted by Gasteiger charge is -2.13. The summed E-state index contributed by atoms with van der Waals surface area (Å²) in [6.07, 6.45) is 7.01. The van der Waals surface area contributed by atoms with Crippen molar-refractivity contribution in [2.45, 2.75) is 19.3 Å². The summed E-state index contributed by atoms with van der Waals surface area (Å²) in [5.41, 5.74) is 3.55. The van der Waals surface area contributed by atoms with Crippen molar-refractivity contribution in [1.82, 2.24) is 4.68 Å². The molecule has 1 fully saturated rings. The van der Waals surface area contributed by atoms with Crippen LogP contribution in [0.4, 0.5) is 0 Å². The number of hydrogen-bond acceptors (Lipinski definition) is 2. The summed E-state index contributed by atoms with van der Waals surface area (Å²) in [4.78, 5) is 0. The molecule has 68 valence electrons. The van der Waals surface area contributed by atoms with Gasteiger partial charge in [0.1, 0.15) is 0 Å². The molecule has 0 spiro atoms. The summed E-state index contributed by atoms with van der Waals surface area (Å²) in [6, 6.07) is 6.22. The fourth-order valence-corrected chi connectivity index (χ4v) is 1.46. The Labute approximate surface area is 77.9 Å². The first kappa shape index (κ1) is 8.18. The molecule has 0 aliphatic heterocycles. The SMILES string of the molecule is N#CCC1(CNn2cccc2)CC1. The summed E-state index contributed by atoms with van der Waals surface area (Å²) in [6.45, 7) is 0.912. The monoisotopic (exact) mass is 175 g/mol. The van der Waals surface area contributed by atoms with Crippen LogP contribution in [0.3, 0.4) is 0 Å². The lowest BCUT2D eigenvalue weighted by molar-refractivity contribution is 0.531. The fraction of sp³-hybridized carbons (Fsp3) is 0.500. The third-order valence-electron chi connectivity index (χ3n) is 2.65. The molecule has 1 aromatic heterocycles. The molecule has 0 radical (unpaired) electrons. The normalized spacial score (nSPS) is 17.8. The van der Waals surface area contributed by atoms with Gasteiger partial charge < -0.3 is 5.43 Å². The molecule has 0 aromatic carbocycles. The minimum Gasteiger partial charge on any atom is -0.326 e. The van der Waals surface area contributed by atoms with Gasteiger partial charge in [-0.2, -0.15) is 5.26 Å². The fourth-order valence-electron chi connectivity index (χ4n) is 1.46. The molecule has 0 saturated heterocycles. The zero-order valence-electron chi connectivity index (χ0n) is 7.53. The molecule has 1 aromatic rings. The van der Waals surface area contributed by atoms with Crippen LogP contribution in [0.1, 0.15) is 19.3 Å². The molecule has 0 unspecified atom stereocenters. The van der Waals surface area contributed by atoms with Crippen molar-refractivity contribution in [3.63, 3.8) is 0 Å². The van der Waals surface area contributed by atoms with E-state index in [0.29, 0.717) is 6.42 Å². The van der Waals surface area contributed by atoms with E-state index >= 15 is 0 Å². The summed E-state index contributed by atoms with van der Waals surface area (Å²) < 4.78 is 1.94. The highest BCUT2D eigenvalue weighted by molar-refractivity contribution is 5.04. The average molecular weight is 175 g/mol. The van der Waals surface area contributed by atoms with Gasteiger partial charge >= 0.3 is 0 Å². The molecule has 0 atom stereocenters. The summed E-state index contributed by atoms with van der Waals surface area (Å²) >= 11 is 0. The molecule has 1 aliphatic rings. The van der Waals surface area contributed by atoms with Crippen LogP contribution < -0.4 is 5.43 Å². The van der Waals surface area contributed by atoms with E-state index in [4.69, 9.17) is 5.26 Å². The van der Waals surface area contributed by atoms with E-state index in [2.05, 4.69) is 11.5 Å². The molecule has 3 nitrogen and oxygen atoms in total. The second kappa shape index (κ2) is 3.14. The van der Waals surface area contributed by atoms with Crippen molar-refractivity contribution in [2.24, 2.45) is 5.41 Å². The number of hydrogen-bond donors (Lipinski definition) is 1. The van der Waals surface area contributed by atoms with E-state index in [1.54, 1.807) is 0 Å². The third-order valence-corrected chi connectivity index (χ3v) is 2.65. The summed E-state index contributed by atoms with van der Waals surface area (Å²) in [7, 11) is 0. The van der Waals surface area contributed by atoms with Gasteiger partial charge in [-0.15, -0.1) is 0 Å². The molecule has 2 rings (SSSR count). The topological polar surface area (TPSA) is 40.8 Å². The predicted octanol–water partition coefficient (Wildman–Crippen LogP) is 1.73. The van der Waals surface area contributed by atoms with E-state index in [1.165, 1.54) is 12.8 Å². The number of rotatable bonds is 4. The quantitative estimate of drug-likeness (QED) is 0.757. The Morgan fingerprint density at radius 2 is 2.08 bits per heavy atom. The van der Waals surface area contributed by atoms with Gasteiger partial charge in [0.25, 0.3) is 0 Å². The van der Waals surface area contributed by atoms with Gasteiger partial charge in [0.15, 0.2) is 0 Å². The van der Waals surface area contributed by atoms with Crippen LogP contribution in [0, 0.1) is 16.7 Å². The molecular formula is C10H13N3. The second-order valence-electron chi connectivity index (χ2n) is 3.76. The molecule has 1 aliphatic carbocycles. The van der Waals surface area contributed by atoms with Crippen molar-refractivity contribution in [2.75, 3.05) is 12.0 Å².